The highest BCUT2D eigenvalue weighted by Crippen LogP contribution is 2.14. The highest BCUT2D eigenvalue weighted by molar-refractivity contribution is 5.93. The lowest BCUT2D eigenvalue weighted by Crippen LogP contribution is -2.12. The van der Waals surface area contributed by atoms with E-state index < -0.39 is 0 Å². The first kappa shape index (κ1) is 14.0. The number of hydrogen-bond donors (Lipinski definition) is 2. The minimum atomic E-state index is -0.385. The molecule has 0 radical (unpaired) electrons. The third-order valence-corrected chi connectivity index (χ3v) is 3.72. The summed E-state index contributed by atoms with van der Waals surface area (Å²) in [6.07, 6.45) is 2.38. The zero-order valence-corrected chi connectivity index (χ0v) is 11.4. The second-order valence-corrected chi connectivity index (χ2v) is 5.21. The van der Waals surface area contributed by atoms with Crippen LogP contribution in [0.5, 0.6) is 0 Å². The molecule has 1 aliphatic heterocycles. The van der Waals surface area contributed by atoms with Gasteiger partial charge in [0.05, 0.1) is 6.61 Å². The van der Waals surface area contributed by atoms with E-state index in [2.05, 4.69) is 5.32 Å². The number of rotatable bonds is 6. The molecule has 0 aromatic heterocycles. The summed E-state index contributed by atoms with van der Waals surface area (Å²) in [5.74, 6) is 0.377. The lowest BCUT2D eigenvalue weighted by molar-refractivity contribution is 0.0999. The molecule has 1 aromatic rings. The number of benzene rings is 1. The van der Waals surface area contributed by atoms with Crippen LogP contribution in [0.4, 0.5) is 0 Å². The number of hydrogen-bond acceptors (Lipinski definition) is 3. The van der Waals surface area contributed by atoms with Gasteiger partial charge in [-0.1, -0.05) is 6.07 Å². The molecule has 4 heteroatoms. The Bertz CT molecular complexity index is 440. The Labute approximate surface area is 114 Å². The van der Waals surface area contributed by atoms with Crippen LogP contribution in [-0.2, 0) is 11.3 Å². The molecule has 4 nitrogen and oxygen atoms in total. The maximum atomic E-state index is 11.1. The molecule has 1 unspecified atom stereocenters. The van der Waals surface area contributed by atoms with Gasteiger partial charge in [-0.2, -0.15) is 0 Å². The van der Waals surface area contributed by atoms with Gasteiger partial charge in [-0.3, -0.25) is 4.79 Å². The number of carbonyl (C=O) groups is 1. The van der Waals surface area contributed by atoms with Crippen LogP contribution in [0.1, 0.15) is 34.3 Å². The van der Waals surface area contributed by atoms with Crippen molar-refractivity contribution in [1.29, 1.82) is 0 Å². The smallest absolute Gasteiger partial charge is 0.248 e. The van der Waals surface area contributed by atoms with E-state index in [-0.39, 0.29) is 5.91 Å². The Morgan fingerprint density at radius 2 is 2.37 bits per heavy atom. The fourth-order valence-electron chi connectivity index (χ4n) is 2.40. The second-order valence-electron chi connectivity index (χ2n) is 5.21. The number of primary amides is 1. The monoisotopic (exact) mass is 262 g/mol. The van der Waals surface area contributed by atoms with E-state index >= 15 is 0 Å². The molecule has 0 spiro atoms. The molecule has 1 aromatic carbocycles. The van der Waals surface area contributed by atoms with Gasteiger partial charge in [0, 0.05) is 12.2 Å². The zero-order chi connectivity index (χ0) is 13.7. The van der Waals surface area contributed by atoms with Crippen LogP contribution in [0.25, 0.3) is 0 Å². The van der Waals surface area contributed by atoms with Crippen molar-refractivity contribution in [3.8, 4) is 0 Å². The number of aryl methyl sites for hydroxylation is 1. The molecule has 1 amide bonds. The van der Waals surface area contributed by atoms with E-state index in [9.17, 15) is 4.79 Å². The maximum Gasteiger partial charge on any atom is 0.248 e. The van der Waals surface area contributed by atoms with Crippen molar-refractivity contribution in [3.63, 3.8) is 0 Å². The first-order chi connectivity index (χ1) is 9.16. The molecule has 1 fully saturated rings. The third-order valence-electron chi connectivity index (χ3n) is 3.72. The first-order valence-corrected chi connectivity index (χ1v) is 6.84. The van der Waals surface area contributed by atoms with Gasteiger partial charge in [-0.15, -0.1) is 0 Å². The molecule has 1 atom stereocenters. The van der Waals surface area contributed by atoms with E-state index in [0.717, 1.165) is 43.2 Å². The van der Waals surface area contributed by atoms with Crippen LogP contribution >= 0.6 is 0 Å². The molecule has 19 heavy (non-hydrogen) atoms. The number of ether oxygens (including phenoxy) is 1. The minimum Gasteiger partial charge on any atom is -0.377 e. The van der Waals surface area contributed by atoms with Crippen molar-refractivity contribution in [2.45, 2.75) is 26.4 Å². The van der Waals surface area contributed by atoms with Crippen molar-refractivity contribution in [3.05, 3.63) is 34.9 Å². The Morgan fingerprint density at radius 3 is 3.00 bits per heavy atom. The molecule has 0 bridgehead atoms. The predicted molar refractivity (Wildman–Crippen MR) is 74.9 cm³/mol. The second kappa shape index (κ2) is 6.68. The standard InChI is InChI=1S/C15H22N2O2/c1-11-8-13(15(16)18)2-3-14(11)10-19-7-5-12-4-6-17-9-12/h2-3,8,12,17H,4-7,9-10H2,1H3,(H2,16,18). The molecule has 1 saturated heterocycles. The Kier molecular flexibility index (Phi) is 4.93. The summed E-state index contributed by atoms with van der Waals surface area (Å²) in [6.45, 7) is 5.63. The highest BCUT2D eigenvalue weighted by Gasteiger charge is 2.13. The summed E-state index contributed by atoms with van der Waals surface area (Å²) in [6, 6.07) is 5.50. The van der Waals surface area contributed by atoms with Gasteiger partial charge in [0.15, 0.2) is 0 Å². The van der Waals surface area contributed by atoms with E-state index in [1.165, 1.54) is 6.42 Å². The van der Waals surface area contributed by atoms with Gasteiger partial charge in [0.1, 0.15) is 0 Å². The van der Waals surface area contributed by atoms with Crippen LogP contribution in [-0.4, -0.2) is 25.6 Å². The maximum absolute atomic E-state index is 11.1. The number of nitrogens with two attached hydrogens (primary N) is 1. The SMILES string of the molecule is Cc1cc(C(N)=O)ccc1COCCC1CCNC1. The van der Waals surface area contributed by atoms with Crippen LogP contribution in [0.3, 0.4) is 0 Å². The van der Waals surface area contributed by atoms with Crippen molar-refractivity contribution in [2.24, 2.45) is 11.7 Å². The third kappa shape index (κ3) is 4.04. The van der Waals surface area contributed by atoms with Gasteiger partial charge in [0.25, 0.3) is 0 Å². The first-order valence-electron chi connectivity index (χ1n) is 6.84. The summed E-state index contributed by atoms with van der Waals surface area (Å²) < 4.78 is 5.72. The van der Waals surface area contributed by atoms with Crippen LogP contribution in [0, 0.1) is 12.8 Å². The predicted octanol–water partition coefficient (Wildman–Crippen LogP) is 1.61. The van der Waals surface area contributed by atoms with Crippen molar-refractivity contribution in [2.75, 3.05) is 19.7 Å². The molecule has 0 saturated carbocycles. The average Bonchev–Trinajstić information content (AvgIpc) is 2.89. The van der Waals surface area contributed by atoms with E-state index in [4.69, 9.17) is 10.5 Å². The van der Waals surface area contributed by atoms with Crippen molar-refractivity contribution < 1.29 is 9.53 Å². The quantitative estimate of drug-likeness (QED) is 0.766. The minimum absolute atomic E-state index is 0.385. The van der Waals surface area contributed by atoms with E-state index in [1.54, 1.807) is 6.07 Å². The molecule has 1 heterocycles. The zero-order valence-electron chi connectivity index (χ0n) is 11.4. The largest absolute Gasteiger partial charge is 0.377 e. The molecule has 104 valence electrons. The van der Waals surface area contributed by atoms with E-state index in [0.29, 0.717) is 12.2 Å². The molecule has 2 rings (SSSR count). The van der Waals surface area contributed by atoms with Gasteiger partial charge in [-0.05, 0) is 62.0 Å². The fraction of sp³-hybridized carbons (Fsp3) is 0.533. The van der Waals surface area contributed by atoms with Crippen LogP contribution in [0.15, 0.2) is 18.2 Å². The van der Waals surface area contributed by atoms with Gasteiger partial charge in [-0.25, -0.2) is 0 Å². The normalized spacial score (nSPS) is 18.7. The summed E-state index contributed by atoms with van der Waals surface area (Å²) in [4.78, 5) is 11.1. The lowest BCUT2D eigenvalue weighted by atomic mass is 10.0. The Hall–Kier alpha value is -1.39. The van der Waals surface area contributed by atoms with Gasteiger partial charge >= 0.3 is 0 Å². The van der Waals surface area contributed by atoms with E-state index in [1.807, 2.05) is 19.1 Å². The Morgan fingerprint density at radius 1 is 1.53 bits per heavy atom. The number of amides is 1. The van der Waals surface area contributed by atoms with Crippen molar-refractivity contribution in [1.82, 2.24) is 5.32 Å². The van der Waals surface area contributed by atoms with Crippen LogP contribution < -0.4 is 11.1 Å². The molecular weight excluding hydrogens is 240 g/mol. The molecule has 3 N–H and O–H groups in total. The lowest BCUT2D eigenvalue weighted by Gasteiger charge is -2.10. The number of nitrogens with one attached hydrogen (secondary N) is 1. The number of carbonyl (C=O) groups excluding carboxylic acids is 1. The average molecular weight is 262 g/mol. The molecule has 1 aliphatic rings. The summed E-state index contributed by atoms with van der Waals surface area (Å²) in [5.41, 5.74) is 7.98. The summed E-state index contributed by atoms with van der Waals surface area (Å²) in [7, 11) is 0. The summed E-state index contributed by atoms with van der Waals surface area (Å²) in [5, 5.41) is 3.36. The van der Waals surface area contributed by atoms with Gasteiger partial charge < -0.3 is 15.8 Å². The van der Waals surface area contributed by atoms with Crippen molar-refractivity contribution >= 4 is 5.91 Å². The summed E-state index contributed by atoms with van der Waals surface area (Å²) >= 11 is 0. The highest BCUT2D eigenvalue weighted by atomic mass is 16.5. The van der Waals surface area contributed by atoms with Gasteiger partial charge in [0.2, 0.25) is 5.91 Å². The molecule has 0 aliphatic carbocycles. The van der Waals surface area contributed by atoms with Crippen LogP contribution in [0.2, 0.25) is 0 Å². The topological polar surface area (TPSA) is 64.4 Å². The fourth-order valence-corrected chi connectivity index (χ4v) is 2.40. The Balaban J connectivity index is 1.77. The molecular formula is C15H22N2O2.